The molecule has 158 valence electrons. The summed E-state index contributed by atoms with van der Waals surface area (Å²) in [5.74, 6) is -0.731. The van der Waals surface area contributed by atoms with Crippen molar-refractivity contribution in [3.8, 4) is 11.1 Å². The van der Waals surface area contributed by atoms with Gasteiger partial charge in [0.05, 0.1) is 13.2 Å². The monoisotopic (exact) mass is 415 g/mol. The fraction of sp³-hybridized carbons (Fsp3) is 0.240. The molecular formula is C25H25N3O3. The van der Waals surface area contributed by atoms with E-state index in [1.807, 2.05) is 24.3 Å². The summed E-state index contributed by atoms with van der Waals surface area (Å²) in [6.07, 6.45) is 3.44. The summed E-state index contributed by atoms with van der Waals surface area (Å²) in [5, 5.41) is 0. The summed E-state index contributed by atoms with van der Waals surface area (Å²) in [6.45, 7) is 2.81. The normalized spacial score (nSPS) is 18.5. The fourth-order valence-corrected chi connectivity index (χ4v) is 3.91. The molecule has 1 aromatic heterocycles. The number of carbonyl (C=O) groups excluding carboxylic acids is 2. The zero-order chi connectivity index (χ0) is 21.8. The third kappa shape index (κ3) is 4.49. The number of ether oxygens (including phenoxy) is 1. The highest BCUT2D eigenvalue weighted by molar-refractivity contribution is 5.95. The van der Waals surface area contributed by atoms with Gasteiger partial charge in [-0.3, -0.25) is 14.6 Å². The lowest BCUT2D eigenvalue weighted by Crippen LogP contribution is -2.61. The van der Waals surface area contributed by atoms with E-state index in [9.17, 15) is 9.59 Å². The summed E-state index contributed by atoms with van der Waals surface area (Å²) in [7, 11) is 0. The predicted molar refractivity (Wildman–Crippen MR) is 118 cm³/mol. The quantitative estimate of drug-likeness (QED) is 0.694. The molecule has 3 aromatic rings. The number of aryl methyl sites for hydroxylation is 1. The van der Waals surface area contributed by atoms with Crippen LogP contribution in [0.2, 0.25) is 0 Å². The molecule has 2 amide bonds. The molecule has 1 fully saturated rings. The van der Waals surface area contributed by atoms with Crippen LogP contribution in [0.25, 0.3) is 11.1 Å². The van der Waals surface area contributed by atoms with Gasteiger partial charge in [-0.15, -0.1) is 0 Å². The van der Waals surface area contributed by atoms with Crippen LogP contribution in [0, 0.1) is 6.92 Å². The fourth-order valence-electron chi connectivity index (χ4n) is 3.91. The molecule has 1 aliphatic rings. The number of carbonyl (C=O) groups is 2. The van der Waals surface area contributed by atoms with E-state index in [-0.39, 0.29) is 19.1 Å². The molecule has 0 spiro atoms. The highest BCUT2D eigenvalue weighted by Crippen LogP contribution is 2.27. The topological polar surface area (TPSA) is 85.5 Å². The van der Waals surface area contributed by atoms with Crippen LogP contribution in [-0.4, -0.2) is 47.0 Å². The third-order valence-corrected chi connectivity index (χ3v) is 5.65. The van der Waals surface area contributed by atoms with Crippen LogP contribution in [0.3, 0.4) is 0 Å². The summed E-state index contributed by atoms with van der Waals surface area (Å²) in [5.41, 5.74) is 9.33. The summed E-state index contributed by atoms with van der Waals surface area (Å²) < 4.78 is 5.93. The van der Waals surface area contributed by atoms with Crippen LogP contribution in [0.1, 0.15) is 21.5 Å². The molecule has 2 aromatic carbocycles. The first kappa shape index (κ1) is 20.8. The molecule has 0 radical (unpaired) electrons. The van der Waals surface area contributed by atoms with E-state index in [1.165, 1.54) is 5.56 Å². The zero-order valence-electron chi connectivity index (χ0n) is 17.5. The number of primary amides is 1. The average molecular weight is 415 g/mol. The smallest absolute Gasteiger partial charge is 0.254 e. The van der Waals surface area contributed by atoms with Gasteiger partial charge >= 0.3 is 0 Å². The second kappa shape index (κ2) is 8.70. The number of nitrogens with two attached hydrogens (primary N) is 1. The Morgan fingerprint density at radius 3 is 2.52 bits per heavy atom. The van der Waals surface area contributed by atoms with Gasteiger partial charge in [0.15, 0.2) is 5.60 Å². The highest BCUT2D eigenvalue weighted by atomic mass is 16.5. The van der Waals surface area contributed by atoms with Crippen molar-refractivity contribution in [3.05, 3.63) is 89.7 Å². The first-order chi connectivity index (χ1) is 15.0. The molecule has 0 unspecified atom stereocenters. The van der Waals surface area contributed by atoms with Crippen molar-refractivity contribution in [2.24, 2.45) is 5.73 Å². The largest absolute Gasteiger partial charge is 0.367 e. The lowest BCUT2D eigenvalue weighted by atomic mass is 9.90. The second-order valence-electron chi connectivity index (χ2n) is 7.91. The van der Waals surface area contributed by atoms with Crippen molar-refractivity contribution in [3.63, 3.8) is 0 Å². The molecule has 1 saturated heterocycles. The first-order valence-corrected chi connectivity index (χ1v) is 10.3. The Hall–Kier alpha value is -3.51. The molecule has 0 aliphatic carbocycles. The average Bonchev–Trinajstić information content (AvgIpc) is 2.80. The highest BCUT2D eigenvalue weighted by Gasteiger charge is 2.44. The van der Waals surface area contributed by atoms with Crippen molar-refractivity contribution in [2.75, 3.05) is 19.7 Å². The Morgan fingerprint density at radius 2 is 1.81 bits per heavy atom. The Balaban J connectivity index is 1.59. The standard InChI is InChI=1S/C25H25N3O3/c1-18-5-7-20(8-6-18)22-4-2-3-19(15-22)16-25(24(26)30)17-28(13-14-31-25)23(29)21-9-11-27-12-10-21/h2-12,15H,13-14,16-17H2,1H3,(H2,26,30)/t25-/m1/s1. The maximum atomic E-state index is 12.9. The molecule has 6 nitrogen and oxygen atoms in total. The zero-order valence-corrected chi connectivity index (χ0v) is 17.5. The van der Waals surface area contributed by atoms with Crippen molar-refractivity contribution in [1.82, 2.24) is 9.88 Å². The van der Waals surface area contributed by atoms with Gasteiger partial charge in [0.1, 0.15) is 0 Å². The van der Waals surface area contributed by atoms with Crippen LogP contribution in [0.5, 0.6) is 0 Å². The molecule has 2 N–H and O–H groups in total. The Kier molecular flexibility index (Phi) is 5.82. The van der Waals surface area contributed by atoms with Crippen LogP contribution in [-0.2, 0) is 16.0 Å². The van der Waals surface area contributed by atoms with Crippen LogP contribution in [0.4, 0.5) is 0 Å². The maximum absolute atomic E-state index is 12.9. The van der Waals surface area contributed by atoms with Gasteiger partial charge in [0, 0.05) is 30.9 Å². The molecule has 4 rings (SSSR count). The molecule has 0 saturated carbocycles. The van der Waals surface area contributed by atoms with Crippen molar-refractivity contribution < 1.29 is 14.3 Å². The second-order valence-corrected chi connectivity index (χ2v) is 7.91. The number of aromatic nitrogens is 1. The lowest BCUT2D eigenvalue weighted by molar-refractivity contribution is -0.153. The minimum Gasteiger partial charge on any atom is -0.367 e. The van der Waals surface area contributed by atoms with Crippen LogP contribution < -0.4 is 5.73 Å². The molecule has 0 bridgehead atoms. The predicted octanol–water partition coefficient (Wildman–Crippen LogP) is 3.00. The van der Waals surface area contributed by atoms with Crippen LogP contribution >= 0.6 is 0 Å². The maximum Gasteiger partial charge on any atom is 0.254 e. The Bertz CT molecular complexity index is 1080. The number of amides is 2. The van der Waals surface area contributed by atoms with Gasteiger partial charge in [0.2, 0.25) is 0 Å². The number of hydrogen-bond donors (Lipinski definition) is 1. The van der Waals surface area contributed by atoms with Crippen molar-refractivity contribution >= 4 is 11.8 Å². The minimum absolute atomic E-state index is 0.109. The van der Waals surface area contributed by atoms with Gasteiger partial charge < -0.3 is 15.4 Å². The lowest BCUT2D eigenvalue weighted by Gasteiger charge is -2.40. The summed E-state index contributed by atoms with van der Waals surface area (Å²) in [6, 6.07) is 19.6. The van der Waals surface area contributed by atoms with E-state index in [4.69, 9.17) is 10.5 Å². The SMILES string of the molecule is Cc1ccc(-c2cccc(C[C@]3(C(N)=O)CN(C(=O)c4ccncc4)CCO3)c2)cc1. The van der Waals surface area contributed by atoms with E-state index in [0.29, 0.717) is 18.5 Å². The summed E-state index contributed by atoms with van der Waals surface area (Å²) >= 11 is 0. The van der Waals surface area contributed by atoms with Crippen molar-refractivity contribution in [1.29, 1.82) is 0 Å². The van der Waals surface area contributed by atoms with Gasteiger partial charge in [0.25, 0.3) is 11.8 Å². The number of morpholine rings is 1. The molecule has 31 heavy (non-hydrogen) atoms. The summed E-state index contributed by atoms with van der Waals surface area (Å²) in [4.78, 5) is 31.0. The number of hydrogen-bond acceptors (Lipinski definition) is 4. The Labute approximate surface area is 181 Å². The minimum atomic E-state index is -1.27. The van der Waals surface area contributed by atoms with E-state index in [0.717, 1.165) is 16.7 Å². The van der Waals surface area contributed by atoms with E-state index in [2.05, 4.69) is 36.2 Å². The van der Waals surface area contributed by atoms with E-state index < -0.39 is 11.5 Å². The number of benzene rings is 2. The molecule has 6 heteroatoms. The molecule has 1 aliphatic heterocycles. The van der Waals surface area contributed by atoms with Gasteiger partial charge in [-0.1, -0.05) is 54.1 Å². The van der Waals surface area contributed by atoms with E-state index >= 15 is 0 Å². The molecular weight excluding hydrogens is 390 g/mol. The van der Waals surface area contributed by atoms with Crippen LogP contribution in [0.15, 0.2) is 73.1 Å². The van der Waals surface area contributed by atoms with E-state index in [1.54, 1.807) is 29.4 Å². The number of pyridine rings is 1. The van der Waals surface area contributed by atoms with Gasteiger partial charge in [-0.25, -0.2) is 0 Å². The molecule has 1 atom stereocenters. The first-order valence-electron chi connectivity index (χ1n) is 10.3. The van der Waals surface area contributed by atoms with Gasteiger partial charge in [-0.2, -0.15) is 0 Å². The number of rotatable bonds is 5. The third-order valence-electron chi connectivity index (χ3n) is 5.65. The van der Waals surface area contributed by atoms with Gasteiger partial charge in [-0.05, 0) is 35.7 Å². The number of nitrogens with zero attached hydrogens (tertiary/aromatic N) is 2. The Morgan fingerprint density at radius 1 is 1.06 bits per heavy atom. The van der Waals surface area contributed by atoms with Crippen molar-refractivity contribution in [2.45, 2.75) is 18.9 Å². The molecule has 2 heterocycles.